The molecule has 2 aromatic carbocycles. The number of nitrogens with two attached hydrogens (primary N) is 1. The largest absolute Gasteiger partial charge is 0.368 e. The molecule has 1 atom stereocenters. The number of likely N-dealkylation sites (N-methyl/N-ethyl adjacent to an activating group) is 1. The average Bonchev–Trinajstić information content (AvgIpc) is 2.72. The van der Waals surface area contributed by atoms with Crippen LogP contribution in [0.1, 0.15) is 11.1 Å². The molecule has 2 N–H and O–H groups in total. The molecule has 0 saturated heterocycles. The van der Waals surface area contributed by atoms with Crippen LogP contribution in [0.2, 0.25) is 0 Å². The zero-order valence-electron chi connectivity index (χ0n) is 12.8. The molecule has 0 radical (unpaired) electrons. The molecular weight excluding hydrogens is 292 g/mol. The zero-order valence-corrected chi connectivity index (χ0v) is 12.8. The maximum Gasteiger partial charge on any atom is 0.270 e. The summed E-state index contributed by atoms with van der Waals surface area (Å²) in [7, 11) is 1.95. The highest BCUT2D eigenvalue weighted by Crippen LogP contribution is 2.30. The lowest BCUT2D eigenvalue weighted by Gasteiger charge is -2.27. The number of nitro groups is 1. The Morgan fingerprint density at radius 2 is 2.04 bits per heavy atom. The van der Waals surface area contributed by atoms with E-state index >= 15 is 0 Å². The second-order valence-corrected chi connectivity index (χ2v) is 5.51. The van der Waals surface area contributed by atoms with E-state index in [1.54, 1.807) is 12.1 Å². The Labute approximate surface area is 134 Å². The number of fused-ring (bicyclic) bond motifs is 1. The van der Waals surface area contributed by atoms with Gasteiger partial charge in [0.25, 0.3) is 5.69 Å². The van der Waals surface area contributed by atoms with Gasteiger partial charge in [-0.25, -0.2) is 0 Å². The molecule has 23 heavy (non-hydrogen) atoms. The molecule has 1 heterocycles. The number of nitrogens with zero attached hydrogens (tertiary/aromatic N) is 3. The highest BCUT2D eigenvalue weighted by Gasteiger charge is 2.25. The number of non-ortho nitro benzene ring substituents is 1. The first-order valence-electron chi connectivity index (χ1n) is 7.43. The first-order valence-corrected chi connectivity index (χ1v) is 7.43. The van der Waals surface area contributed by atoms with Gasteiger partial charge in [-0.05, 0) is 6.07 Å². The monoisotopic (exact) mass is 310 g/mol. The van der Waals surface area contributed by atoms with E-state index in [1.807, 2.05) is 37.4 Å². The number of hydrogen-bond acceptors (Lipinski definition) is 5. The van der Waals surface area contributed by atoms with E-state index in [2.05, 4.69) is 4.90 Å². The molecule has 0 amide bonds. The number of rotatable bonds is 3. The number of hydrogen-bond donors (Lipinski definition) is 1. The lowest BCUT2D eigenvalue weighted by atomic mass is 9.99. The highest BCUT2D eigenvalue weighted by molar-refractivity contribution is 6.16. The maximum atomic E-state index is 11.1. The second-order valence-electron chi connectivity index (χ2n) is 5.51. The van der Waals surface area contributed by atoms with Crippen molar-refractivity contribution in [2.45, 2.75) is 6.04 Å². The van der Waals surface area contributed by atoms with Crippen LogP contribution in [0.25, 0.3) is 0 Å². The van der Waals surface area contributed by atoms with Crippen LogP contribution in [0, 0.1) is 10.1 Å². The highest BCUT2D eigenvalue weighted by atomic mass is 16.6. The van der Waals surface area contributed by atoms with Gasteiger partial charge in [0.2, 0.25) is 0 Å². The summed E-state index contributed by atoms with van der Waals surface area (Å²) in [6, 6.07) is 14.7. The molecule has 1 aliphatic rings. The number of nitro benzene ring substituents is 1. The molecule has 2 aromatic rings. The third-order valence-electron chi connectivity index (χ3n) is 4.15. The maximum absolute atomic E-state index is 11.1. The van der Waals surface area contributed by atoms with Crippen molar-refractivity contribution in [1.29, 1.82) is 0 Å². The van der Waals surface area contributed by atoms with E-state index < -0.39 is 0 Å². The summed E-state index contributed by atoms with van der Waals surface area (Å²) < 4.78 is 0. The number of aliphatic imine (C=N–C) groups is 1. The summed E-state index contributed by atoms with van der Waals surface area (Å²) in [4.78, 5) is 17.5. The zero-order chi connectivity index (χ0) is 16.4. The normalized spacial score (nSPS) is 17.2. The van der Waals surface area contributed by atoms with Crippen LogP contribution in [0.15, 0.2) is 53.5 Å². The van der Waals surface area contributed by atoms with E-state index in [0.717, 1.165) is 22.5 Å². The van der Waals surface area contributed by atoms with E-state index in [9.17, 15) is 10.1 Å². The van der Waals surface area contributed by atoms with Crippen molar-refractivity contribution in [3.8, 4) is 0 Å². The van der Waals surface area contributed by atoms with Gasteiger partial charge in [0.1, 0.15) is 0 Å². The van der Waals surface area contributed by atoms with Gasteiger partial charge < -0.3 is 10.6 Å². The summed E-state index contributed by atoms with van der Waals surface area (Å²) in [6.45, 7) is 1.03. The second kappa shape index (κ2) is 6.18. The van der Waals surface area contributed by atoms with Gasteiger partial charge in [0, 0.05) is 42.5 Å². The first-order chi connectivity index (χ1) is 11.1. The molecule has 3 rings (SSSR count). The molecule has 6 nitrogen and oxygen atoms in total. The Kier molecular flexibility index (Phi) is 4.08. The van der Waals surface area contributed by atoms with Gasteiger partial charge in [-0.1, -0.05) is 30.3 Å². The Morgan fingerprint density at radius 1 is 1.30 bits per heavy atom. The van der Waals surface area contributed by atoms with Gasteiger partial charge in [-0.15, -0.1) is 0 Å². The Hall–Kier alpha value is -2.73. The Morgan fingerprint density at radius 3 is 2.70 bits per heavy atom. The fraction of sp³-hybridized carbons (Fsp3) is 0.235. The third-order valence-corrected chi connectivity index (χ3v) is 4.15. The molecule has 1 aliphatic heterocycles. The van der Waals surface area contributed by atoms with Crippen molar-refractivity contribution in [3.05, 3.63) is 69.8 Å². The summed E-state index contributed by atoms with van der Waals surface area (Å²) in [5.74, 6) is 0. The van der Waals surface area contributed by atoms with Gasteiger partial charge >= 0.3 is 0 Å². The quantitative estimate of drug-likeness (QED) is 0.696. The standard InChI is InChI=1S/C17H18N4O2/c1-20-14(10-18)11-19-17(12-5-3-2-4-6-12)15-9-13(21(22)23)7-8-16(15)20/h2-9,14H,10-11,18H2,1H3. The summed E-state index contributed by atoms with van der Waals surface area (Å²) in [5.41, 5.74) is 9.32. The number of anilines is 1. The summed E-state index contributed by atoms with van der Waals surface area (Å²) in [6.07, 6.45) is 0. The van der Waals surface area contributed by atoms with Crippen molar-refractivity contribution >= 4 is 17.1 Å². The Balaban J connectivity index is 2.21. The fourth-order valence-corrected chi connectivity index (χ4v) is 2.81. The fourth-order valence-electron chi connectivity index (χ4n) is 2.81. The molecule has 0 aromatic heterocycles. The van der Waals surface area contributed by atoms with Crippen LogP contribution >= 0.6 is 0 Å². The van der Waals surface area contributed by atoms with Crippen LogP contribution in [0.5, 0.6) is 0 Å². The molecule has 6 heteroatoms. The molecule has 0 spiro atoms. The van der Waals surface area contributed by atoms with Crippen molar-refractivity contribution in [3.63, 3.8) is 0 Å². The van der Waals surface area contributed by atoms with Crippen LogP contribution in [0.4, 0.5) is 11.4 Å². The van der Waals surface area contributed by atoms with Crippen molar-refractivity contribution in [2.24, 2.45) is 10.7 Å². The molecule has 0 fully saturated rings. The predicted molar refractivity (Wildman–Crippen MR) is 91.3 cm³/mol. The van der Waals surface area contributed by atoms with Crippen LogP contribution in [0.3, 0.4) is 0 Å². The minimum Gasteiger partial charge on any atom is -0.368 e. The number of benzodiazepines with no additional fused rings is 1. The van der Waals surface area contributed by atoms with Crippen molar-refractivity contribution in [1.82, 2.24) is 0 Å². The van der Waals surface area contributed by atoms with Crippen LogP contribution < -0.4 is 10.6 Å². The van der Waals surface area contributed by atoms with Crippen molar-refractivity contribution < 1.29 is 4.92 Å². The smallest absolute Gasteiger partial charge is 0.270 e. The molecule has 118 valence electrons. The van der Waals surface area contributed by atoms with Gasteiger partial charge in [-0.3, -0.25) is 15.1 Å². The summed E-state index contributed by atoms with van der Waals surface area (Å²) in [5, 5.41) is 11.1. The number of benzene rings is 2. The topological polar surface area (TPSA) is 84.8 Å². The van der Waals surface area contributed by atoms with E-state index in [4.69, 9.17) is 10.7 Å². The lowest BCUT2D eigenvalue weighted by Crippen LogP contribution is -2.39. The van der Waals surface area contributed by atoms with E-state index in [-0.39, 0.29) is 16.7 Å². The average molecular weight is 310 g/mol. The summed E-state index contributed by atoms with van der Waals surface area (Å²) >= 11 is 0. The van der Waals surface area contributed by atoms with Gasteiger partial charge in [-0.2, -0.15) is 0 Å². The molecule has 0 aliphatic carbocycles. The predicted octanol–water partition coefficient (Wildman–Crippen LogP) is 2.21. The first kappa shape index (κ1) is 15.2. The van der Waals surface area contributed by atoms with Gasteiger partial charge in [0.15, 0.2) is 0 Å². The van der Waals surface area contributed by atoms with E-state index in [1.165, 1.54) is 6.07 Å². The Bertz CT molecular complexity index is 758. The third kappa shape index (κ3) is 2.80. The molecular formula is C17H18N4O2. The van der Waals surface area contributed by atoms with Crippen LogP contribution in [-0.4, -0.2) is 36.8 Å². The lowest BCUT2D eigenvalue weighted by molar-refractivity contribution is -0.384. The molecule has 0 bridgehead atoms. The van der Waals surface area contributed by atoms with Gasteiger partial charge in [0.05, 0.1) is 23.2 Å². The molecule has 0 saturated carbocycles. The minimum atomic E-state index is -0.381. The molecule has 1 unspecified atom stereocenters. The SMILES string of the molecule is CN1c2ccc([N+](=O)[O-])cc2C(c2ccccc2)=NCC1CN. The van der Waals surface area contributed by atoms with E-state index in [0.29, 0.717) is 13.1 Å². The van der Waals surface area contributed by atoms with Crippen LogP contribution in [-0.2, 0) is 0 Å². The minimum absolute atomic E-state index is 0.0620. The van der Waals surface area contributed by atoms with Crippen molar-refractivity contribution in [2.75, 3.05) is 25.0 Å².